The van der Waals surface area contributed by atoms with Crippen molar-refractivity contribution < 1.29 is 14.3 Å². The van der Waals surface area contributed by atoms with Crippen LogP contribution in [0.15, 0.2) is 42.1 Å². The molecule has 0 N–H and O–H groups in total. The fourth-order valence-corrected chi connectivity index (χ4v) is 3.12. The first kappa shape index (κ1) is 14.1. The zero-order chi connectivity index (χ0) is 14.8. The molecule has 2 aliphatic heterocycles. The molecule has 2 aliphatic rings. The van der Waals surface area contributed by atoms with Gasteiger partial charge in [-0.05, 0) is 37.5 Å². The second-order valence-corrected chi connectivity index (χ2v) is 5.55. The van der Waals surface area contributed by atoms with Gasteiger partial charge in [-0.3, -0.25) is 0 Å². The molecule has 1 fully saturated rings. The summed E-state index contributed by atoms with van der Waals surface area (Å²) in [5.41, 5.74) is 2.11. The number of fused-ring (bicyclic) bond motifs is 1. The van der Waals surface area contributed by atoms with Crippen LogP contribution in [0, 0.1) is 5.92 Å². The van der Waals surface area contributed by atoms with E-state index in [2.05, 4.69) is 18.7 Å². The molecule has 0 unspecified atom stereocenters. The van der Waals surface area contributed by atoms with Crippen molar-refractivity contribution in [3.05, 3.63) is 42.5 Å². The summed E-state index contributed by atoms with van der Waals surface area (Å²) in [7, 11) is 1.66. The second-order valence-electron chi connectivity index (χ2n) is 5.55. The smallest absolute Gasteiger partial charge is 0.138 e. The fraction of sp³-hybridized carbons (Fsp3) is 0.471. The fourth-order valence-electron chi connectivity index (χ4n) is 3.12. The maximum absolute atomic E-state index is 6.12. The van der Waals surface area contributed by atoms with E-state index in [4.69, 9.17) is 14.3 Å². The van der Waals surface area contributed by atoms with Crippen molar-refractivity contribution in [1.29, 1.82) is 0 Å². The number of benzene rings is 1. The van der Waals surface area contributed by atoms with Crippen molar-refractivity contribution in [2.45, 2.75) is 38.1 Å². The normalized spacial score (nSPS) is 30.5. The highest BCUT2D eigenvalue weighted by atomic mass is 16.7. The number of nitrogens with zero attached hydrogens (tertiary/aromatic N) is 1. The predicted molar refractivity (Wildman–Crippen MR) is 81.5 cm³/mol. The van der Waals surface area contributed by atoms with Crippen LogP contribution in [0.3, 0.4) is 0 Å². The Morgan fingerprint density at radius 1 is 1.33 bits per heavy atom. The van der Waals surface area contributed by atoms with Crippen LogP contribution in [0.4, 0.5) is 0 Å². The molecule has 0 aromatic heterocycles. The molecule has 1 aromatic rings. The van der Waals surface area contributed by atoms with Gasteiger partial charge in [0.15, 0.2) is 0 Å². The first-order chi connectivity index (χ1) is 10.2. The topological polar surface area (TPSA) is 40.0 Å². The number of rotatable bonds is 5. The zero-order valence-electron chi connectivity index (χ0n) is 12.5. The average Bonchev–Trinajstić information content (AvgIpc) is 3.07. The summed E-state index contributed by atoms with van der Waals surface area (Å²) in [6.07, 6.45) is 3.91. The first-order valence-electron chi connectivity index (χ1n) is 7.38. The average molecular weight is 287 g/mol. The molecule has 112 valence electrons. The van der Waals surface area contributed by atoms with Crippen molar-refractivity contribution in [2.24, 2.45) is 11.1 Å². The van der Waals surface area contributed by atoms with Gasteiger partial charge in [-0.1, -0.05) is 23.4 Å². The van der Waals surface area contributed by atoms with E-state index in [0.717, 1.165) is 29.9 Å². The van der Waals surface area contributed by atoms with Gasteiger partial charge in [0.1, 0.15) is 18.0 Å². The number of hydrogen-bond donors (Lipinski definition) is 0. The van der Waals surface area contributed by atoms with Crippen LogP contribution in [0.2, 0.25) is 0 Å². The molecule has 4 heteroatoms. The SMILES string of the molecule is C=CCC[C@@H]1ON=C2[C@H]1[C@@H](C)O[C@@H]2c1ccc(OC)cc1. The Balaban J connectivity index is 1.78. The maximum atomic E-state index is 6.12. The van der Waals surface area contributed by atoms with E-state index >= 15 is 0 Å². The van der Waals surface area contributed by atoms with Crippen molar-refractivity contribution in [3.8, 4) is 5.75 Å². The highest BCUT2D eigenvalue weighted by Crippen LogP contribution is 2.42. The monoisotopic (exact) mass is 287 g/mol. The molecular weight excluding hydrogens is 266 g/mol. The van der Waals surface area contributed by atoms with E-state index in [1.165, 1.54) is 0 Å². The molecular formula is C17H21NO3. The third kappa shape index (κ3) is 2.56. The zero-order valence-corrected chi connectivity index (χ0v) is 12.5. The number of ether oxygens (including phenoxy) is 2. The van der Waals surface area contributed by atoms with Crippen molar-refractivity contribution in [3.63, 3.8) is 0 Å². The Bertz CT molecular complexity index is 537. The standard InChI is InChI=1S/C17H21NO3/c1-4-5-6-14-15-11(2)20-17(16(15)18-21-14)12-7-9-13(19-3)10-8-12/h4,7-11,14-15,17H,1,5-6H2,2-3H3/t11-,14+,15+,17-/m1/s1. The molecule has 4 atom stereocenters. The van der Waals surface area contributed by atoms with E-state index in [-0.39, 0.29) is 24.2 Å². The Morgan fingerprint density at radius 3 is 2.76 bits per heavy atom. The minimum Gasteiger partial charge on any atom is -0.497 e. The minimum atomic E-state index is -0.107. The molecule has 3 rings (SSSR count). The summed E-state index contributed by atoms with van der Waals surface area (Å²) >= 11 is 0. The number of oxime groups is 1. The predicted octanol–water partition coefficient (Wildman–Crippen LogP) is 3.49. The number of allylic oxidation sites excluding steroid dienone is 1. The minimum absolute atomic E-state index is 0.107. The van der Waals surface area contributed by atoms with Crippen molar-refractivity contribution in [1.82, 2.24) is 0 Å². The summed E-state index contributed by atoms with van der Waals surface area (Å²) < 4.78 is 11.3. The third-order valence-corrected chi connectivity index (χ3v) is 4.23. The van der Waals surface area contributed by atoms with E-state index in [1.807, 2.05) is 30.3 Å². The lowest BCUT2D eigenvalue weighted by molar-refractivity contribution is -0.0145. The molecule has 0 aliphatic carbocycles. The Hall–Kier alpha value is -1.81. The summed E-state index contributed by atoms with van der Waals surface area (Å²) in [6.45, 7) is 5.87. The van der Waals surface area contributed by atoms with Gasteiger partial charge in [-0.15, -0.1) is 6.58 Å². The van der Waals surface area contributed by atoms with Gasteiger partial charge in [-0.2, -0.15) is 0 Å². The van der Waals surface area contributed by atoms with Gasteiger partial charge in [0.2, 0.25) is 0 Å². The lowest BCUT2D eigenvalue weighted by Crippen LogP contribution is -2.27. The van der Waals surface area contributed by atoms with Crippen LogP contribution < -0.4 is 4.74 Å². The summed E-state index contributed by atoms with van der Waals surface area (Å²) in [6, 6.07) is 7.95. The lowest BCUT2D eigenvalue weighted by Gasteiger charge is -2.17. The molecule has 0 bridgehead atoms. The summed E-state index contributed by atoms with van der Waals surface area (Å²) in [5, 5.41) is 4.31. The summed E-state index contributed by atoms with van der Waals surface area (Å²) in [5.74, 6) is 1.09. The summed E-state index contributed by atoms with van der Waals surface area (Å²) in [4.78, 5) is 5.62. The van der Waals surface area contributed by atoms with Crippen LogP contribution in [0.5, 0.6) is 5.75 Å². The molecule has 0 amide bonds. The quantitative estimate of drug-likeness (QED) is 0.778. The Morgan fingerprint density at radius 2 is 2.10 bits per heavy atom. The maximum Gasteiger partial charge on any atom is 0.138 e. The highest BCUT2D eigenvalue weighted by Gasteiger charge is 2.48. The van der Waals surface area contributed by atoms with Crippen LogP contribution in [-0.2, 0) is 9.57 Å². The van der Waals surface area contributed by atoms with Gasteiger partial charge in [0, 0.05) is 0 Å². The molecule has 21 heavy (non-hydrogen) atoms. The van der Waals surface area contributed by atoms with Crippen molar-refractivity contribution >= 4 is 5.71 Å². The van der Waals surface area contributed by atoms with Gasteiger partial charge < -0.3 is 14.3 Å². The Kier molecular flexibility index (Phi) is 3.97. The third-order valence-electron chi connectivity index (χ3n) is 4.23. The van der Waals surface area contributed by atoms with Gasteiger partial charge in [0.05, 0.1) is 24.8 Å². The van der Waals surface area contributed by atoms with Gasteiger partial charge in [0.25, 0.3) is 0 Å². The molecule has 0 radical (unpaired) electrons. The highest BCUT2D eigenvalue weighted by molar-refractivity contribution is 5.94. The van der Waals surface area contributed by atoms with Gasteiger partial charge >= 0.3 is 0 Å². The lowest BCUT2D eigenvalue weighted by atomic mass is 9.88. The molecule has 1 aromatic carbocycles. The second kappa shape index (κ2) is 5.90. The van der Waals surface area contributed by atoms with Crippen LogP contribution in [0.25, 0.3) is 0 Å². The van der Waals surface area contributed by atoms with E-state index in [9.17, 15) is 0 Å². The van der Waals surface area contributed by atoms with Crippen LogP contribution >= 0.6 is 0 Å². The van der Waals surface area contributed by atoms with Crippen molar-refractivity contribution in [2.75, 3.05) is 7.11 Å². The van der Waals surface area contributed by atoms with E-state index < -0.39 is 0 Å². The molecule has 1 saturated heterocycles. The largest absolute Gasteiger partial charge is 0.497 e. The molecule has 4 nitrogen and oxygen atoms in total. The van der Waals surface area contributed by atoms with Crippen LogP contribution in [-0.4, -0.2) is 25.0 Å². The molecule has 0 saturated carbocycles. The first-order valence-corrected chi connectivity index (χ1v) is 7.38. The molecule has 2 heterocycles. The van der Waals surface area contributed by atoms with E-state index in [1.54, 1.807) is 7.11 Å². The van der Waals surface area contributed by atoms with Gasteiger partial charge in [-0.25, -0.2) is 0 Å². The molecule has 0 spiro atoms. The Labute approximate surface area is 125 Å². The number of hydrogen-bond acceptors (Lipinski definition) is 4. The van der Waals surface area contributed by atoms with E-state index in [0.29, 0.717) is 0 Å². The number of methoxy groups -OCH3 is 1. The van der Waals surface area contributed by atoms with Crippen LogP contribution in [0.1, 0.15) is 31.4 Å².